The third kappa shape index (κ3) is 5.10. The molecular formula is C25H18F2N2OS. The molecule has 0 aromatic heterocycles. The average Bonchev–Trinajstić information content (AvgIpc) is 2.78. The van der Waals surface area contributed by atoms with E-state index < -0.39 is 0 Å². The molecule has 0 aliphatic heterocycles. The molecule has 4 aromatic rings. The normalized spacial score (nSPS) is 10.6. The fourth-order valence-electron chi connectivity index (χ4n) is 2.99. The second-order valence-electron chi connectivity index (χ2n) is 6.84. The summed E-state index contributed by atoms with van der Waals surface area (Å²) in [4.78, 5) is 14.5. The molecule has 0 aliphatic carbocycles. The second kappa shape index (κ2) is 9.02. The summed E-state index contributed by atoms with van der Waals surface area (Å²) in [6.07, 6.45) is 0. The fraction of sp³-hybridized carbons (Fsp3) is 0. The Kier molecular flexibility index (Phi) is 6.00. The van der Waals surface area contributed by atoms with Crippen molar-refractivity contribution >= 4 is 29.0 Å². The van der Waals surface area contributed by atoms with Crippen molar-refractivity contribution in [1.82, 2.24) is 0 Å². The minimum Gasteiger partial charge on any atom is -0.397 e. The van der Waals surface area contributed by atoms with Gasteiger partial charge in [0.2, 0.25) is 0 Å². The summed E-state index contributed by atoms with van der Waals surface area (Å²) < 4.78 is 26.2. The van der Waals surface area contributed by atoms with Crippen LogP contribution in [-0.2, 0) is 0 Å². The first kappa shape index (κ1) is 20.6. The first-order valence-corrected chi connectivity index (χ1v) is 10.3. The predicted octanol–water partition coefficient (Wildman–Crippen LogP) is 6.62. The van der Waals surface area contributed by atoms with E-state index in [1.807, 2.05) is 18.2 Å². The van der Waals surface area contributed by atoms with Crippen LogP contribution in [-0.4, -0.2) is 5.91 Å². The van der Waals surface area contributed by atoms with Gasteiger partial charge in [-0.3, -0.25) is 4.79 Å². The standard InChI is InChI=1S/C25H18F2N2OS/c26-19-6-1-16(2-7-19)18-5-14-23(28)24(15-18)29-25(30)17-3-10-21(11-4-17)31-22-12-8-20(27)9-13-22/h1-15H,28H2,(H,29,30). The lowest BCUT2D eigenvalue weighted by atomic mass is 10.0. The number of nitrogens with two attached hydrogens (primary N) is 1. The predicted molar refractivity (Wildman–Crippen MR) is 121 cm³/mol. The molecule has 4 aromatic carbocycles. The highest BCUT2D eigenvalue weighted by Gasteiger charge is 2.10. The Bertz CT molecular complexity index is 1210. The summed E-state index contributed by atoms with van der Waals surface area (Å²) in [7, 11) is 0. The van der Waals surface area contributed by atoms with E-state index in [1.165, 1.54) is 36.0 Å². The highest BCUT2D eigenvalue weighted by Crippen LogP contribution is 2.29. The zero-order valence-electron chi connectivity index (χ0n) is 16.3. The molecule has 1 amide bonds. The molecule has 4 rings (SSSR count). The van der Waals surface area contributed by atoms with Crippen molar-refractivity contribution in [3.8, 4) is 11.1 Å². The maximum Gasteiger partial charge on any atom is 0.255 e. The maximum absolute atomic E-state index is 13.2. The zero-order chi connectivity index (χ0) is 21.8. The van der Waals surface area contributed by atoms with E-state index >= 15 is 0 Å². The largest absolute Gasteiger partial charge is 0.397 e. The van der Waals surface area contributed by atoms with Gasteiger partial charge in [-0.25, -0.2) is 8.78 Å². The molecule has 0 aliphatic rings. The van der Waals surface area contributed by atoms with Crippen LogP contribution in [0.5, 0.6) is 0 Å². The molecular weight excluding hydrogens is 414 g/mol. The number of benzene rings is 4. The molecule has 0 atom stereocenters. The lowest BCUT2D eigenvalue weighted by Gasteiger charge is -2.11. The molecule has 0 radical (unpaired) electrons. The molecule has 0 bridgehead atoms. The number of amides is 1. The first-order chi connectivity index (χ1) is 15.0. The van der Waals surface area contributed by atoms with Crippen LogP contribution in [0.2, 0.25) is 0 Å². The van der Waals surface area contributed by atoms with Crippen molar-refractivity contribution in [1.29, 1.82) is 0 Å². The second-order valence-corrected chi connectivity index (χ2v) is 7.99. The van der Waals surface area contributed by atoms with Gasteiger partial charge in [0.1, 0.15) is 11.6 Å². The summed E-state index contributed by atoms with van der Waals surface area (Å²) in [5.41, 5.74) is 9.07. The van der Waals surface area contributed by atoms with Crippen LogP contribution in [0, 0.1) is 11.6 Å². The number of carbonyl (C=O) groups excluding carboxylic acids is 1. The van der Waals surface area contributed by atoms with Gasteiger partial charge in [-0.05, 0) is 83.9 Å². The van der Waals surface area contributed by atoms with Crippen LogP contribution in [0.1, 0.15) is 10.4 Å². The highest BCUT2D eigenvalue weighted by atomic mass is 32.2. The van der Waals surface area contributed by atoms with Gasteiger partial charge in [-0.2, -0.15) is 0 Å². The van der Waals surface area contributed by atoms with E-state index in [0.717, 1.165) is 20.9 Å². The Hall–Kier alpha value is -3.64. The minimum absolute atomic E-state index is 0.279. The lowest BCUT2D eigenvalue weighted by molar-refractivity contribution is 0.102. The van der Waals surface area contributed by atoms with Gasteiger partial charge in [-0.1, -0.05) is 30.0 Å². The summed E-state index contributed by atoms with van der Waals surface area (Å²) in [5.74, 6) is -0.880. The van der Waals surface area contributed by atoms with Gasteiger partial charge >= 0.3 is 0 Å². The number of nitrogen functional groups attached to an aromatic ring is 1. The summed E-state index contributed by atoms with van der Waals surface area (Å²) in [6, 6.07) is 24.7. The molecule has 0 fully saturated rings. The van der Waals surface area contributed by atoms with Crippen molar-refractivity contribution in [3.05, 3.63) is 108 Å². The van der Waals surface area contributed by atoms with E-state index in [9.17, 15) is 13.6 Å². The number of nitrogens with one attached hydrogen (secondary N) is 1. The van der Waals surface area contributed by atoms with Crippen molar-refractivity contribution in [2.24, 2.45) is 0 Å². The Morgan fingerprint density at radius 2 is 1.23 bits per heavy atom. The van der Waals surface area contributed by atoms with Crippen LogP contribution in [0.4, 0.5) is 20.2 Å². The molecule has 6 heteroatoms. The summed E-state index contributed by atoms with van der Waals surface area (Å²) in [6.45, 7) is 0. The van der Waals surface area contributed by atoms with Gasteiger partial charge in [-0.15, -0.1) is 0 Å². The zero-order valence-corrected chi connectivity index (χ0v) is 17.1. The van der Waals surface area contributed by atoms with Crippen LogP contribution in [0.15, 0.2) is 101 Å². The number of rotatable bonds is 5. The van der Waals surface area contributed by atoms with Crippen LogP contribution < -0.4 is 11.1 Å². The Morgan fingerprint density at radius 3 is 1.84 bits per heavy atom. The molecule has 0 spiro atoms. The molecule has 3 nitrogen and oxygen atoms in total. The number of carbonyl (C=O) groups is 1. The van der Waals surface area contributed by atoms with Crippen LogP contribution >= 0.6 is 11.8 Å². The third-order valence-corrected chi connectivity index (χ3v) is 5.66. The van der Waals surface area contributed by atoms with E-state index in [-0.39, 0.29) is 17.5 Å². The number of anilines is 2. The van der Waals surface area contributed by atoms with Crippen molar-refractivity contribution < 1.29 is 13.6 Å². The molecule has 3 N–H and O–H groups in total. The topological polar surface area (TPSA) is 55.1 Å². The Morgan fingerprint density at radius 1 is 0.710 bits per heavy atom. The highest BCUT2D eigenvalue weighted by molar-refractivity contribution is 7.99. The SMILES string of the molecule is Nc1ccc(-c2ccc(F)cc2)cc1NC(=O)c1ccc(Sc2ccc(F)cc2)cc1. The first-order valence-electron chi connectivity index (χ1n) is 9.48. The summed E-state index contributed by atoms with van der Waals surface area (Å²) >= 11 is 1.48. The monoisotopic (exact) mass is 432 g/mol. The molecule has 0 saturated carbocycles. The van der Waals surface area contributed by atoms with Gasteiger partial charge in [0.25, 0.3) is 5.91 Å². The van der Waals surface area contributed by atoms with Gasteiger partial charge in [0.15, 0.2) is 0 Å². The molecule has 31 heavy (non-hydrogen) atoms. The van der Waals surface area contributed by atoms with E-state index in [2.05, 4.69) is 5.32 Å². The van der Waals surface area contributed by atoms with E-state index in [1.54, 1.807) is 48.5 Å². The van der Waals surface area contributed by atoms with Crippen LogP contribution in [0.3, 0.4) is 0 Å². The molecule has 0 saturated heterocycles. The third-order valence-electron chi connectivity index (χ3n) is 4.64. The number of hydrogen-bond donors (Lipinski definition) is 2. The van der Waals surface area contributed by atoms with Gasteiger partial charge in [0.05, 0.1) is 11.4 Å². The van der Waals surface area contributed by atoms with Crippen molar-refractivity contribution in [2.45, 2.75) is 9.79 Å². The van der Waals surface area contributed by atoms with Crippen molar-refractivity contribution in [3.63, 3.8) is 0 Å². The average molecular weight is 432 g/mol. The quantitative estimate of drug-likeness (QED) is 0.349. The lowest BCUT2D eigenvalue weighted by Crippen LogP contribution is -2.13. The van der Waals surface area contributed by atoms with E-state index in [4.69, 9.17) is 5.73 Å². The Labute approximate surface area is 182 Å². The van der Waals surface area contributed by atoms with E-state index in [0.29, 0.717) is 16.9 Å². The molecule has 0 heterocycles. The van der Waals surface area contributed by atoms with Gasteiger partial charge in [0, 0.05) is 15.4 Å². The van der Waals surface area contributed by atoms with Crippen molar-refractivity contribution in [2.75, 3.05) is 11.1 Å². The fourth-order valence-corrected chi connectivity index (χ4v) is 3.81. The van der Waals surface area contributed by atoms with Crippen LogP contribution in [0.25, 0.3) is 11.1 Å². The minimum atomic E-state index is -0.311. The smallest absolute Gasteiger partial charge is 0.255 e. The van der Waals surface area contributed by atoms with Gasteiger partial charge < -0.3 is 11.1 Å². The number of hydrogen-bond acceptors (Lipinski definition) is 3. The molecule has 0 unspecified atom stereocenters. The molecule has 154 valence electrons. The number of halogens is 2. The Balaban J connectivity index is 1.48. The summed E-state index contributed by atoms with van der Waals surface area (Å²) in [5, 5.41) is 2.84. The maximum atomic E-state index is 13.2.